The van der Waals surface area contributed by atoms with Crippen LogP contribution in [0.15, 0.2) is 57.8 Å². The summed E-state index contributed by atoms with van der Waals surface area (Å²) >= 11 is 5.28. The fourth-order valence-corrected chi connectivity index (χ4v) is 3.03. The van der Waals surface area contributed by atoms with E-state index in [1.165, 1.54) is 0 Å². The quantitative estimate of drug-likeness (QED) is 0.437. The number of aryl methyl sites for hydroxylation is 1. The molecule has 146 valence electrons. The molecule has 0 radical (unpaired) electrons. The predicted octanol–water partition coefficient (Wildman–Crippen LogP) is 2.90. The van der Waals surface area contributed by atoms with Crippen molar-refractivity contribution in [3.05, 3.63) is 69.4 Å². The van der Waals surface area contributed by atoms with Gasteiger partial charge in [0.15, 0.2) is 16.4 Å². The smallest absolute Gasteiger partial charge is 0.325 e. The number of H-pyrrole nitrogens is 2. The molecule has 0 atom stereocenters. The Hall–Kier alpha value is -3.79. The number of carbonyl (C=O) groups excluding carboxylic acids is 1. The van der Waals surface area contributed by atoms with Crippen LogP contribution < -0.4 is 11.1 Å². The van der Waals surface area contributed by atoms with Gasteiger partial charge in [0.05, 0.1) is 0 Å². The number of hydrogen-bond donors (Lipinski definition) is 3. The van der Waals surface area contributed by atoms with Crippen LogP contribution in [-0.4, -0.2) is 30.8 Å². The minimum atomic E-state index is -0.646. The number of carbonyl (C=O) groups is 1. The molecule has 4 aromatic rings. The molecule has 0 aliphatic heterocycles. The highest BCUT2D eigenvalue weighted by Gasteiger charge is 2.13. The Labute approximate surface area is 169 Å². The first-order chi connectivity index (χ1) is 14.0. The minimum Gasteiger partial charge on any atom is -0.325 e. The molecule has 10 heteroatoms. The van der Waals surface area contributed by atoms with Crippen molar-refractivity contribution < 1.29 is 9.32 Å². The monoisotopic (exact) mass is 408 g/mol. The third kappa shape index (κ3) is 4.06. The van der Waals surface area contributed by atoms with Gasteiger partial charge in [0.1, 0.15) is 6.54 Å². The highest BCUT2D eigenvalue weighted by Crippen LogP contribution is 2.20. The van der Waals surface area contributed by atoms with Gasteiger partial charge in [0, 0.05) is 16.8 Å². The summed E-state index contributed by atoms with van der Waals surface area (Å²) in [5, 5.41) is 13.4. The maximum Gasteiger partial charge on any atom is 0.439 e. The molecule has 0 saturated carbocycles. The Morgan fingerprint density at radius 1 is 1.21 bits per heavy atom. The van der Waals surface area contributed by atoms with E-state index < -0.39 is 5.76 Å². The molecule has 0 bridgehead atoms. The highest BCUT2D eigenvalue weighted by molar-refractivity contribution is 7.71. The minimum absolute atomic E-state index is 0.0104. The average Bonchev–Trinajstić information content (AvgIpc) is 3.29. The van der Waals surface area contributed by atoms with Crippen LogP contribution in [0.25, 0.3) is 22.8 Å². The van der Waals surface area contributed by atoms with Gasteiger partial charge in [-0.25, -0.2) is 4.79 Å². The molecular weight excluding hydrogens is 392 g/mol. The lowest BCUT2D eigenvalue weighted by molar-refractivity contribution is -0.116. The normalized spacial score (nSPS) is 10.8. The lowest BCUT2D eigenvalue weighted by atomic mass is 10.1. The van der Waals surface area contributed by atoms with Crippen LogP contribution in [0.5, 0.6) is 0 Å². The van der Waals surface area contributed by atoms with Crippen LogP contribution in [0.2, 0.25) is 0 Å². The molecule has 29 heavy (non-hydrogen) atoms. The van der Waals surface area contributed by atoms with E-state index in [0.717, 1.165) is 11.1 Å². The first-order valence-corrected chi connectivity index (χ1v) is 9.09. The van der Waals surface area contributed by atoms with Gasteiger partial charge in [0.25, 0.3) is 0 Å². The maximum atomic E-state index is 12.6. The molecule has 0 saturated heterocycles. The number of hydrogen-bond acceptors (Lipinski definition) is 6. The van der Waals surface area contributed by atoms with Crippen LogP contribution in [-0.2, 0) is 11.3 Å². The second-order valence-electron chi connectivity index (χ2n) is 6.38. The summed E-state index contributed by atoms with van der Waals surface area (Å²) in [5.41, 5.74) is 3.13. The Bertz CT molecular complexity index is 1280. The van der Waals surface area contributed by atoms with Gasteiger partial charge in [0.2, 0.25) is 5.91 Å². The van der Waals surface area contributed by atoms with Gasteiger partial charge < -0.3 is 5.32 Å². The zero-order chi connectivity index (χ0) is 20.4. The van der Waals surface area contributed by atoms with Crippen LogP contribution in [0.4, 0.5) is 5.69 Å². The van der Waals surface area contributed by atoms with E-state index in [4.69, 9.17) is 12.2 Å². The number of anilines is 1. The van der Waals surface area contributed by atoms with E-state index >= 15 is 0 Å². The summed E-state index contributed by atoms with van der Waals surface area (Å²) in [4.78, 5) is 26.2. The number of nitrogens with one attached hydrogen (secondary N) is 3. The molecule has 4 rings (SSSR count). The molecule has 1 amide bonds. The number of rotatable bonds is 5. The second kappa shape index (κ2) is 7.68. The zero-order valence-electron chi connectivity index (χ0n) is 15.3. The molecule has 2 heterocycles. The fourth-order valence-electron chi connectivity index (χ4n) is 2.83. The Morgan fingerprint density at radius 2 is 2.00 bits per heavy atom. The van der Waals surface area contributed by atoms with Gasteiger partial charge in [-0.3, -0.25) is 24.0 Å². The molecule has 3 N–H and O–H groups in total. The Morgan fingerprint density at radius 3 is 2.72 bits per heavy atom. The third-order valence-corrected chi connectivity index (χ3v) is 4.54. The van der Waals surface area contributed by atoms with Crippen molar-refractivity contribution in [2.24, 2.45) is 0 Å². The molecular formula is C19H16N6O3S. The average molecular weight is 408 g/mol. The van der Waals surface area contributed by atoms with Crippen LogP contribution in [0, 0.1) is 11.7 Å². The van der Waals surface area contributed by atoms with E-state index in [-0.39, 0.29) is 18.3 Å². The van der Waals surface area contributed by atoms with Crippen LogP contribution >= 0.6 is 12.2 Å². The second-order valence-corrected chi connectivity index (χ2v) is 6.76. The van der Waals surface area contributed by atoms with Crippen molar-refractivity contribution in [2.75, 3.05) is 5.32 Å². The number of benzene rings is 2. The molecule has 2 aromatic carbocycles. The summed E-state index contributed by atoms with van der Waals surface area (Å²) < 4.78 is 6.50. The summed E-state index contributed by atoms with van der Waals surface area (Å²) in [6.45, 7) is 1.99. The highest BCUT2D eigenvalue weighted by atomic mass is 32.1. The van der Waals surface area contributed by atoms with Gasteiger partial charge >= 0.3 is 5.76 Å². The lowest BCUT2D eigenvalue weighted by Crippen LogP contribution is -2.19. The van der Waals surface area contributed by atoms with Crippen LogP contribution in [0.1, 0.15) is 5.56 Å². The van der Waals surface area contributed by atoms with Gasteiger partial charge in [-0.2, -0.15) is 5.10 Å². The van der Waals surface area contributed by atoms with E-state index in [1.54, 1.807) is 28.8 Å². The van der Waals surface area contributed by atoms with Crippen molar-refractivity contribution in [1.29, 1.82) is 0 Å². The third-order valence-electron chi connectivity index (χ3n) is 4.23. The fraction of sp³-hybridized carbons (Fsp3) is 0.105. The van der Waals surface area contributed by atoms with E-state index in [9.17, 15) is 9.59 Å². The summed E-state index contributed by atoms with van der Waals surface area (Å²) in [6.07, 6.45) is 0. The summed E-state index contributed by atoms with van der Waals surface area (Å²) in [7, 11) is 0. The lowest BCUT2D eigenvalue weighted by Gasteiger charge is -2.09. The summed E-state index contributed by atoms with van der Waals surface area (Å²) in [6, 6.07) is 14.7. The summed E-state index contributed by atoms with van der Waals surface area (Å²) in [5.74, 6) is -0.0575. The standard InChI is InChI=1S/C19H16N6O3S/c1-11-5-7-12(8-6-11)17-22-23-18(29)25(17)10-15(26)20-14-4-2-3-13(9-14)16-21-19(27)28-24-16/h2-9H,10H2,1H3,(H,20,26)(H,23,29)(H,21,24,27). The molecule has 0 aliphatic rings. The number of amides is 1. The number of aromatic amines is 2. The molecule has 2 aromatic heterocycles. The van der Waals surface area contributed by atoms with Gasteiger partial charge in [-0.05, 0) is 31.3 Å². The van der Waals surface area contributed by atoms with E-state index in [2.05, 4.69) is 30.2 Å². The number of nitrogens with zero attached hydrogens (tertiary/aromatic N) is 3. The molecule has 0 spiro atoms. The van der Waals surface area contributed by atoms with Crippen molar-refractivity contribution in [2.45, 2.75) is 13.5 Å². The Balaban J connectivity index is 1.54. The molecule has 0 aliphatic carbocycles. The van der Waals surface area contributed by atoms with Gasteiger partial charge in [-0.15, -0.1) is 0 Å². The molecule has 0 fully saturated rings. The predicted molar refractivity (Wildman–Crippen MR) is 109 cm³/mol. The first-order valence-electron chi connectivity index (χ1n) is 8.68. The van der Waals surface area contributed by atoms with Crippen molar-refractivity contribution in [3.8, 4) is 22.8 Å². The zero-order valence-corrected chi connectivity index (χ0v) is 16.1. The largest absolute Gasteiger partial charge is 0.439 e. The molecule has 0 unspecified atom stereocenters. The van der Waals surface area contributed by atoms with E-state index in [0.29, 0.717) is 21.8 Å². The van der Waals surface area contributed by atoms with Crippen LogP contribution in [0.3, 0.4) is 0 Å². The van der Waals surface area contributed by atoms with Crippen molar-refractivity contribution >= 4 is 23.8 Å². The van der Waals surface area contributed by atoms with Gasteiger partial charge in [-0.1, -0.05) is 47.1 Å². The maximum absolute atomic E-state index is 12.6. The number of aromatic nitrogens is 5. The Kier molecular flexibility index (Phi) is 4.92. The first kappa shape index (κ1) is 18.6. The van der Waals surface area contributed by atoms with Crippen molar-refractivity contribution in [3.63, 3.8) is 0 Å². The SMILES string of the molecule is Cc1ccc(-c2n[nH]c(=S)n2CC(=O)Nc2cccc(-c3noc(=O)[nH]3)c2)cc1. The van der Waals surface area contributed by atoms with E-state index in [1.807, 2.05) is 31.2 Å². The van der Waals surface area contributed by atoms with Crippen molar-refractivity contribution in [1.82, 2.24) is 24.9 Å². The molecule has 9 nitrogen and oxygen atoms in total. The topological polar surface area (TPSA) is 122 Å².